The van der Waals surface area contributed by atoms with Crippen molar-refractivity contribution in [3.63, 3.8) is 0 Å². The Hall–Kier alpha value is -6.08. The van der Waals surface area contributed by atoms with E-state index in [1.807, 2.05) is 57.2 Å². The summed E-state index contributed by atoms with van der Waals surface area (Å²) in [5.74, 6) is -0.258. The van der Waals surface area contributed by atoms with Crippen molar-refractivity contribution in [1.82, 2.24) is 30.8 Å². The average molecular weight is 936 g/mol. The first-order valence-electron chi connectivity index (χ1n) is 22.8. The van der Waals surface area contributed by atoms with E-state index in [0.29, 0.717) is 40.9 Å². The lowest BCUT2D eigenvalue weighted by Gasteiger charge is -2.63. The predicted molar refractivity (Wildman–Crippen MR) is 256 cm³/mol. The molecule has 3 aromatic carbocycles. The standard InChI is InChI=1S/C51H63ClN8O7/c1-49(2,3)42(46(65)60-30-37(61)26-40(60)45(64)57-29-32-12-14-33(15-13-32)43-55-23-11-24-56-43)58-41(62)31-66-25-10-8-9-22-54-36-19-16-34(17-20-36)44(63)59-47-50(4,5)48(51(47,6)7)67-38-21-18-35(28-53)39(52)27-38/h11-21,23-24,27,37,40,42,47-48,54,61H,8-10,22,25-26,29-31H2,1-7H3,(H,57,64)(H,58,62)(H,59,63)/t37-,40+,42-,47?,48?/m1/s1. The van der Waals surface area contributed by atoms with Crippen LogP contribution in [0.4, 0.5) is 5.69 Å². The van der Waals surface area contributed by atoms with Crippen LogP contribution in [0.2, 0.25) is 5.02 Å². The maximum atomic E-state index is 14.0. The molecule has 3 atom stereocenters. The second kappa shape index (κ2) is 21.7. The summed E-state index contributed by atoms with van der Waals surface area (Å²) >= 11 is 6.24. The first kappa shape index (κ1) is 50.3. The molecule has 6 rings (SSSR count). The lowest BCUT2D eigenvalue weighted by atomic mass is 9.49. The first-order chi connectivity index (χ1) is 31.8. The molecule has 2 heterocycles. The number of anilines is 1. The van der Waals surface area contributed by atoms with Gasteiger partial charge in [0.2, 0.25) is 17.7 Å². The SMILES string of the molecule is CC1(C)C(NC(=O)c2ccc(NCCCCCOCC(=O)N[C@H](C(=O)N3C[C@H](O)C[C@H]3C(=O)NCc3ccc(-c4ncccn4)cc3)C(C)(C)C)cc2)C(C)(C)C1Oc1ccc(C#N)c(Cl)c1. The highest BCUT2D eigenvalue weighted by molar-refractivity contribution is 6.31. The molecule has 4 amide bonds. The maximum absolute atomic E-state index is 14.0. The van der Waals surface area contributed by atoms with Crippen LogP contribution in [0.3, 0.4) is 0 Å². The van der Waals surface area contributed by atoms with Crippen LogP contribution >= 0.6 is 11.6 Å². The Kier molecular flexibility index (Phi) is 16.3. The third kappa shape index (κ3) is 12.5. The van der Waals surface area contributed by atoms with Crippen molar-refractivity contribution in [1.29, 1.82) is 5.26 Å². The van der Waals surface area contributed by atoms with E-state index in [2.05, 4.69) is 65.0 Å². The molecule has 4 aromatic rings. The number of halogens is 1. The van der Waals surface area contributed by atoms with Gasteiger partial charge in [0.1, 0.15) is 36.6 Å². The molecule has 15 nitrogen and oxygen atoms in total. The van der Waals surface area contributed by atoms with E-state index in [1.165, 1.54) is 4.90 Å². The van der Waals surface area contributed by atoms with Crippen LogP contribution in [0.25, 0.3) is 11.4 Å². The molecule has 16 heteroatoms. The fourth-order valence-electron chi connectivity index (χ4n) is 9.30. The van der Waals surface area contributed by atoms with Crippen molar-refractivity contribution in [2.24, 2.45) is 16.2 Å². The van der Waals surface area contributed by atoms with Crippen molar-refractivity contribution in [3.8, 4) is 23.2 Å². The van der Waals surface area contributed by atoms with Crippen LogP contribution in [-0.4, -0.2) is 100 Å². The number of nitrogens with zero attached hydrogens (tertiary/aromatic N) is 4. The lowest BCUT2D eigenvalue weighted by molar-refractivity contribution is -0.164. The number of β-amino-alcohol motifs (C(OH)–C–C–N with tert-alkyl or cyclic N) is 1. The Morgan fingerprint density at radius 3 is 2.28 bits per heavy atom. The number of amides is 4. The van der Waals surface area contributed by atoms with Gasteiger partial charge >= 0.3 is 0 Å². The second-order valence-electron chi connectivity index (χ2n) is 19.7. The summed E-state index contributed by atoms with van der Waals surface area (Å²) in [5, 5.41) is 32.4. The van der Waals surface area contributed by atoms with E-state index in [1.54, 1.807) is 48.8 Å². The van der Waals surface area contributed by atoms with E-state index in [0.717, 1.165) is 36.1 Å². The van der Waals surface area contributed by atoms with Crippen LogP contribution in [0.5, 0.6) is 5.75 Å². The van der Waals surface area contributed by atoms with Gasteiger partial charge in [-0.3, -0.25) is 19.2 Å². The highest BCUT2D eigenvalue weighted by Gasteiger charge is 2.64. The minimum atomic E-state index is -0.954. The number of hydrogen-bond donors (Lipinski definition) is 5. The Morgan fingerprint density at radius 2 is 1.64 bits per heavy atom. The summed E-state index contributed by atoms with van der Waals surface area (Å²) in [5.41, 5.74) is 2.07. The summed E-state index contributed by atoms with van der Waals surface area (Å²) < 4.78 is 12.0. The Bertz CT molecular complexity index is 2390. The van der Waals surface area contributed by atoms with Gasteiger partial charge in [0.05, 0.1) is 16.7 Å². The third-order valence-electron chi connectivity index (χ3n) is 12.6. The molecule has 1 saturated carbocycles. The number of aliphatic hydroxyl groups excluding tert-OH is 1. The minimum Gasteiger partial charge on any atom is -0.489 e. The molecular weight excluding hydrogens is 872 g/mol. The number of rotatable bonds is 19. The highest BCUT2D eigenvalue weighted by atomic mass is 35.5. The molecule has 2 fully saturated rings. The van der Waals surface area contributed by atoms with Crippen LogP contribution in [-0.2, 0) is 25.7 Å². The fourth-order valence-corrected chi connectivity index (χ4v) is 9.52. The van der Waals surface area contributed by atoms with E-state index >= 15 is 0 Å². The number of benzene rings is 3. The topological polar surface area (TPSA) is 208 Å². The van der Waals surface area contributed by atoms with Gasteiger partial charge in [-0.25, -0.2) is 9.97 Å². The molecule has 1 aliphatic heterocycles. The normalized spacial score (nSPS) is 19.9. The monoisotopic (exact) mass is 934 g/mol. The number of aliphatic hydroxyl groups is 1. The van der Waals surface area contributed by atoms with E-state index in [-0.39, 0.29) is 60.9 Å². The molecule has 356 valence electrons. The molecule has 0 bridgehead atoms. The number of ether oxygens (including phenoxy) is 2. The Labute approximate surface area is 398 Å². The van der Waals surface area contributed by atoms with Crippen LogP contribution in [0.15, 0.2) is 85.2 Å². The highest BCUT2D eigenvalue weighted by Crippen LogP contribution is 2.55. The second-order valence-corrected chi connectivity index (χ2v) is 20.1. The molecule has 67 heavy (non-hydrogen) atoms. The zero-order valence-electron chi connectivity index (χ0n) is 39.4. The Morgan fingerprint density at radius 1 is 0.955 bits per heavy atom. The van der Waals surface area contributed by atoms with E-state index in [9.17, 15) is 29.5 Å². The van der Waals surface area contributed by atoms with Gasteiger partial charge in [-0.05, 0) is 72.7 Å². The minimum absolute atomic E-state index is 0.0189. The van der Waals surface area contributed by atoms with E-state index < -0.39 is 35.4 Å². The number of carbonyl (C=O) groups is 4. The summed E-state index contributed by atoms with van der Waals surface area (Å²) in [6.45, 7) is 14.8. The first-order valence-corrected chi connectivity index (χ1v) is 23.2. The van der Waals surface area contributed by atoms with Crippen molar-refractivity contribution in [2.45, 2.75) is 111 Å². The zero-order chi connectivity index (χ0) is 48.5. The van der Waals surface area contributed by atoms with Gasteiger partial charge in [-0.1, -0.05) is 84.3 Å². The largest absolute Gasteiger partial charge is 0.489 e. The van der Waals surface area contributed by atoms with Crippen molar-refractivity contribution < 1.29 is 33.8 Å². The lowest BCUT2D eigenvalue weighted by Crippen LogP contribution is -2.74. The van der Waals surface area contributed by atoms with Gasteiger partial charge in [0.25, 0.3) is 5.91 Å². The number of unbranched alkanes of at least 4 members (excludes halogenated alkanes) is 2. The van der Waals surface area contributed by atoms with Gasteiger partial charge in [-0.15, -0.1) is 0 Å². The van der Waals surface area contributed by atoms with Crippen LogP contribution < -0.4 is 26.0 Å². The molecule has 1 saturated heterocycles. The molecule has 2 aliphatic rings. The number of nitriles is 1. The molecular formula is C51H63ClN8O7. The fraction of sp³-hybridized carbons (Fsp3) is 0.471. The molecule has 0 radical (unpaired) electrons. The van der Waals surface area contributed by atoms with Gasteiger partial charge in [0.15, 0.2) is 5.82 Å². The summed E-state index contributed by atoms with van der Waals surface area (Å²) in [6.07, 6.45) is 4.78. The quantitative estimate of drug-likeness (QED) is 0.0626. The number of aromatic nitrogens is 2. The van der Waals surface area contributed by atoms with Crippen molar-refractivity contribution in [2.75, 3.05) is 31.6 Å². The van der Waals surface area contributed by atoms with E-state index in [4.69, 9.17) is 21.1 Å². The van der Waals surface area contributed by atoms with Gasteiger partial charge in [-0.2, -0.15) is 5.26 Å². The summed E-state index contributed by atoms with van der Waals surface area (Å²) in [4.78, 5) is 63.7. The average Bonchev–Trinajstić information content (AvgIpc) is 3.70. The number of carbonyl (C=O) groups excluding carboxylic acids is 4. The third-order valence-corrected chi connectivity index (χ3v) is 12.9. The van der Waals surface area contributed by atoms with Crippen molar-refractivity contribution in [3.05, 3.63) is 107 Å². The zero-order valence-corrected chi connectivity index (χ0v) is 40.2. The van der Waals surface area contributed by atoms with Gasteiger partial charge < -0.3 is 40.7 Å². The number of hydrogen-bond acceptors (Lipinski definition) is 11. The Balaban J connectivity index is 0.877. The van der Waals surface area contributed by atoms with Crippen LogP contribution in [0, 0.1) is 27.6 Å². The molecule has 0 unspecified atom stereocenters. The molecule has 1 aliphatic carbocycles. The predicted octanol–water partition coefficient (Wildman–Crippen LogP) is 6.69. The summed E-state index contributed by atoms with van der Waals surface area (Å²) in [7, 11) is 0. The summed E-state index contributed by atoms with van der Waals surface area (Å²) in [6, 6.07) is 21.7. The maximum Gasteiger partial charge on any atom is 0.251 e. The number of nitrogens with one attached hydrogen (secondary N) is 4. The molecule has 5 N–H and O–H groups in total. The van der Waals surface area contributed by atoms with Gasteiger partial charge in [0, 0.05) is 84.8 Å². The molecule has 0 spiro atoms. The van der Waals surface area contributed by atoms with Crippen LogP contribution in [0.1, 0.15) is 95.6 Å². The smallest absolute Gasteiger partial charge is 0.251 e. The van der Waals surface area contributed by atoms with Crippen molar-refractivity contribution >= 4 is 40.9 Å². The molecule has 1 aromatic heterocycles. The number of likely N-dealkylation sites (tertiary alicyclic amines) is 1.